The van der Waals surface area contributed by atoms with E-state index < -0.39 is 23.8 Å². The van der Waals surface area contributed by atoms with Crippen LogP contribution in [0.3, 0.4) is 0 Å². The van der Waals surface area contributed by atoms with Gasteiger partial charge < -0.3 is 9.47 Å². The van der Waals surface area contributed by atoms with Crippen LogP contribution in [0.1, 0.15) is 17.9 Å². The Balaban J connectivity index is 3.08. The van der Waals surface area contributed by atoms with Crippen LogP contribution in [0.25, 0.3) is 0 Å². The average Bonchev–Trinajstić information content (AvgIpc) is 2.47. The molecule has 1 rings (SSSR count). The monoisotopic (exact) mass is 261 g/mol. The van der Waals surface area contributed by atoms with Gasteiger partial charge in [-0.3, -0.25) is 9.59 Å². The quantitative estimate of drug-likeness (QED) is 0.753. The smallest absolute Gasteiger partial charge is 0.323 e. The lowest BCUT2D eigenvalue weighted by Crippen LogP contribution is -2.24. The van der Waals surface area contributed by atoms with Crippen LogP contribution in [0, 0.1) is 17.2 Å². The second-order valence-electron chi connectivity index (χ2n) is 3.93. The normalized spacial score (nSPS) is 12.9. The lowest BCUT2D eigenvalue weighted by Gasteiger charge is -2.19. The second kappa shape index (κ2) is 7.17. The predicted octanol–water partition coefficient (Wildman–Crippen LogP) is 1.65. The molecule has 19 heavy (non-hydrogen) atoms. The number of methoxy groups -OCH3 is 2. The van der Waals surface area contributed by atoms with Crippen LogP contribution in [0.5, 0.6) is 0 Å². The lowest BCUT2D eigenvalue weighted by atomic mass is 9.84. The fourth-order valence-corrected chi connectivity index (χ4v) is 1.83. The van der Waals surface area contributed by atoms with Gasteiger partial charge in [-0.2, -0.15) is 5.26 Å². The number of benzene rings is 1. The molecule has 0 bridgehead atoms. The SMILES string of the molecule is COC(=O)C[C@H](c1ccccc1)[C@@H](C#N)C(=O)OC. The van der Waals surface area contributed by atoms with Crippen LogP contribution in [0.4, 0.5) is 0 Å². The Morgan fingerprint density at radius 3 is 2.32 bits per heavy atom. The molecule has 2 atom stereocenters. The molecule has 0 saturated carbocycles. The van der Waals surface area contributed by atoms with E-state index in [0.717, 1.165) is 5.56 Å². The average molecular weight is 261 g/mol. The Morgan fingerprint density at radius 2 is 1.84 bits per heavy atom. The predicted molar refractivity (Wildman–Crippen MR) is 66.9 cm³/mol. The Kier molecular flexibility index (Phi) is 5.55. The lowest BCUT2D eigenvalue weighted by molar-refractivity contribution is -0.145. The molecule has 0 aliphatic rings. The van der Waals surface area contributed by atoms with Gasteiger partial charge in [-0.05, 0) is 5.56 Å². The number of carbonyl (C=O) groups excluding carboxylic acids is 2. The van der Waals surface area contributed by atoms with Crippen molar-refractivity contribution < 1.29 is 19.1 Å². The maximum atomic E-state index is 11.6. The zero-order chi connectivity index (χ0) is 14.3. The first-order chi connectivity index (χ1) is 9.13. The number of hydrogen-bond donors (Lipinski definition) is 0. The van der Waals surface area contributed by atoms with Crippen LogP contribution in [-0.4, -0.2) is 26.2 Å². The minimum Gasteiger partial charge on any atom is -0.469 e. The van der Waals surface area contributed by atoms with Crippen LogP contribution in [0.15, 0.2) is 30.3 Å². The molecule has 5 nitrogen and oxygen atoms in total. The summed E-state index contributed by atoms with van der Waals surface area (Å²) in [6.07, 6.45) is -0.0478. The highest BCUT2D eigenvalue weighted by Gasteiger charge is 2.32. The second-order valence-corrected chi connectivity index (χ2v) is 3.93. The van der Waals surface area contributed by atoms with E-state index in [-0.39, 0.29) is 6.42 Å². The summed E-state index contributed by atoms with van der Waals surface area (Å²) in [5.41, 5.74) is 0.727. The summed E-state index contributed by atoms with van der Waals surface area (Å²) >= 11 is 0. The van der Waals surface area contributed by atoms with Gasteiger partial charge in [0.1, 0.15) is 0 Å². The molecule has 0 amide bonds. The van der Waals surface area contributed by atoms with Gasteiger partial charge in [-0.15, -0.1) is 0 Å². The summed E-state index contributed by atoms with van der Waals surface area (Å²) in [4.78, 5) is 23.1. The molecule has 0 N–H and O–H groups in total. The highest BCUT2D eigenvalue weighted by Crippen LogP contribution is 2.29. The van der Waals surface area contributed by atoms with E-state index in [1.807, 2.05) is 12.1 Å². The Labute approximate surface area is 111 Å². The molecule has 0 radical (unpaired) electrons. The topological polar surface area (TPSA) is 76.4 Å². The molecule has 0 unspecified atom stereocenters. The third kappa shape index (κ3) is 3.81. The Hall–Kier alpha value is -2.35. The summed E-state index contributed by atoms with van der Waals surface area (Å²) in [5, 5.41) is 9.14. The van der Waals surface area contributed by atoms with Crippen molar-refractivity contribution >= 4 is 11.9 Å². The summed E-state index contributed by atoms with van der Waals surface area (Å²) in [5.74, 6) is -2.74. The number of rotatable bonds is 5. The third-order valence-electron chi connectivity index (χ3n) is 2.84. The van der Waals surface area contributed by atoms with Crippen molar-refractivity contribution in [2.24, 2.45) is 5.92 Å². The Bertz CT molecular complexity index is 478. The summed E-state index contributed by atoms with van der Waals surface area (Å²) < 4.78 is 9.22. The molecule has 0 spiro atoms. The minimum atomic E-state index is -1.04. The molecule has 0 aliphatic carbocycles. The van der Waals surface area contributed by atoms with Gasteiger partial charge in [0, 0.05) is 5.92 Å². The molecule has 5 heteroatoms. The van der Waals surface area contributed by atoms with Gasteiger partial charge in [0.25, 0.3) is 0 Å². The van der Waals surface area contributed by atoms with E-state index in [9.17, 15) is 9.59 Å². The molecule has 0 heterocycles. The van der Waals surface area contributed by atoms with E-state index in [0.29, 0.717) is 0 Å². The maximum Gasteiger partial charge on any atom is 0.323 e. The molecule has 0 aromatic heterocycles. The molecule has 0 saturated heterocycles. The van der Waals surface area contributed by atoms with Gasteiger partial charge in [-0.1, -0.05) is 30.3 Å². The number of nitriles is 1. The number of nitrogens with zero attached hydrogens (tertiary/aromatic N) is 1. The zero-order valence-electron chi connectivity index (χ0n) is 10.8. The molecular formula is C14H15NO4. The van der Waals surface area contributed by atoms with Crippen molar-refractivity contribution in [3.05, 3.63) is 35.9 Å². The standard InChI is InChI=1S/C14H15NO4/c1-18-13(16)8-11(10-6-4-3-5-7-10)12(9-15)14(17)19-2/h3-7,11-12H,8H2,1-2H3/t11-,12-/m1/s1. The number of carbonyl (C=O) groups is 2. The van der Waals surface area contributed by atoms with Gasteiger partial charge in [0.05, 0.1) is 26.7 Å². The molecular weight excluding hydrogens is 246 g/mol. The summed E-state index contributed by atoms with van der Waals surface area (Å²) in [6.45, 7) is 0. The Morgan fingerprint density at radius 1 is 1.21 bits per heavy atom. The van der Waals surface area contributed by atoms with Crippen LogP contribution < -0.4 is 0 Å². The van der Waals surface area contributed by atoms with Crippen molar-refractivity contribution in [1.82, 2.24) is 0 Å². The van der Waals surface area contributed by atoms with Crippen molar-refractivity contribution in [1.29, 1.82) is 5.26 Å². The van der Waals surface area contributed by atoms with Crippen molar-refractivity contribution in [2.45, 2.75) is 12.3 Å². The molecule has 0 aliphatic heterocycles. The van der Waals surface area contributed by atoms with Crippen LogP contribution in [0.2, 0.25) is 0 Å². The molecule has 1 aromatic carbocycles. The van der Waals surface area contributed by atoms with Gasteiger partial charge >= 0.3 is 11.9 Å². The van der Waals surface area contributed by atoms with Crippen LogP contribution >= 0.6 is 0 Å². The maximum absolute atomic E-state index is 11.6. The zero-order valence-corrected chi connectivity index (χ0v) is 10.8. The van der Waals surface area contributed by atoms with Gasteiger partial charge in [0.2, 0.25) is 0 Å². The number of hydrogen-bond acceptors (Lipinski definition) is 5. The molecule has 100 valence electrons. The van der Waals surface area contributed by atoms with Crippen LogP contribution in [-0.2, 0) is 19.1 Å². The van der Waals surface area contributed by atoms with Crippen molar-refractivity contribution in [3.8, 4) is 6.07 Å². The minimum absolute atomic E-state index is 0.0478. The van der Waals surface area contributed by atoms with Gasteiger partial charge in [0.15, 0.2) is 5.92 Å². The van der Waals surface area contributed by atoms with E-state index in [2.05, 4.69) is 9.47 Å². The van der Waals surface area contributed by atoms with E-state index in [4.69, 9.17) is 5.26 Å². The number of esters is 2. The largest absolute Gasteiger partial charge is 0.469 e. The first-order valence-corrected chi connectivity index (χ1v) is 5.73. The highest BCUT2D eigenvalue weighted by molar-refractivity contribution is 5.78. The highest BCUT2D eigenvalue weighted by atomic mass is 16.5. The molecule has 1 aromatic rings. The van der Waals surface area contributed by atoms with E-state index in [1.54, 1.807) is 24.3 Å². The first kappa shape index (κ1) is 14.7. The third-order valence-corrected chi connectivity index (χ3v) is 2.84. The summed E-state index contributed by atoms with van der Waals surface area (Å²) in [6, 6.07) is 10.8. The van der Waals surface area contributed by atoms with E-state index >= 15 is 0 Å². The van der Waals surface area contributed by atoms with E-state index in [1.165, 1.54) is 14.2 Å². The number of ether oxygens (including phenoxy) is 2. The van der Waals surface area contributed by atoms with Gasteiger partial charge in [-0.25, -0.2) is 0 Å². The molecule has 0 fully saturated rings. The first-order valence-electron chi connectivity index (χ1n) is 5.73. The fraction of sp³-hybridized carbons (Fsp3) is 0.357. The van der Waals surface area contributed by atoms with Crippen molar-refractivity contribution in [3.63, 3.8) is 0 Å². The van der Waals surface area contributed by atoms with Crippen molar-refractivity contribution in [2.75, 3.05) is 14.2 Å². The fourth-order valence-electron chi connectivity index (χ4n) is 1.83. The summed E-state index contributed by atoms with van der Waals surface area (Å²) in [7, 11) is 2.48.